The first-order valence-electron chi connectivity index (χ1n) is 3.75. The van der Waals surface area contributed by atoms with Crippen molar-refractivity contribution in [1.82, 2.24) is 0 Å². The lowest BCUT2D eigenvalue weighted by atomic mass is 11.6. The molecule has 0 aromatic rings. The Kier molecular flexibility index (Phi) is 7.33. The third-order valence-electron chi connectivity index (χ3n) is 1.07. The second-order valence-electron chi connectivity index (χ2n) is 2.28. The highest BCUT2D eigenvalue weighted by atomic mass is 31.2. The number of rotatable bonds is 9. The summed E-state index contributed by atoms with van der Waals surface area (Å²) in [6, 6.07) is 0. The van der Waals surface area contributed by atoms with Crippen LogP contribution in [-0.2, 0) is 36.3 Å². The Morgan fingerprint density at radius 3 is 1.56 bits per heavy atom. The molecule has 18 heavy (non-hydrogen) atoms. The van der Waals surface area contributed by atoms with Crippen LogP contribution in [0.25, 0.3) is 0 Å². The highest BCUT2D eigenvalue weighted by Crippen LogP contribution is 2.43. The van der Waals surface area contributed by atoms with Crippen LogP contribution in [0.2, 0.25) is 0 Å². The van der Waals surface area contributed by atoms with Gasteiger partial charge in [0.05, 0.1) is 7.82 Å². The van der Waals surface area contributed by atoms with E-state index in [1.807, 2.05) is 0 Å². The highest BCUT2D eigenvalue weighted by molar-refractivity contribution is 7.46. The SMILES string of the molecule is COP(=O)([O-])OCOP(=O)([O-])OCOP(=O)([O-])[O-]. The van der Waals surface area contributed by atoms with E-state index in [4.69, 9.17) is 0 Å². The fourth-order valence-corrected chi connectivity index (χ4v) is 1.47. The molecular formula is C3H7O12P3-4. The molecule has 2 unspecified atom stereocenters. The summed E-state index contributed by atoms with van der Waals surface area (Å²) < 4.78 is 49.9. The fourth-order valence-electron chi connectivity index (χ4n) is 0.395. The van der Waals surface area contributed by atoms with Gasteiger partial charge in [-0.15, -0.1) is 0 Å². The van der Waals surface area contributed by atoms with Gasteiger partial charge >= 0.3 is 0 Å². The summed E-state index contributed by atoms with van der Waals surface area (Å²) in [5.74, 6) is 0. The van der Waals surface area contributed by atoms with Crippen molar-refractivity contribution in [2.75, 3.05) is 20.7 Å². The standard InChI is InChI=1S/C3H11O12P3/c1-11-17(7,8)13-3-15-18(9,10)14-2-12-16(4,5)6/h2-3H2,1H3,(H,7,8)(H,9,10)(H2,4,5,6)/p-4. The molecule has 2 atom stereocenters. The molecule has 0 heterocycles. The Bertz CT molecular complexity index is 384. The smallest absolute Gasteiger partial charge is 0.272 e. The average Bonchev–Trinajstić information content (AvgIpc) is 2.14. The molecular weight excluding hydrogens is 321 g/mol. The summed E-state index contributed by atoms with van der Waals surface area (Å²) in [5.41, 5.74) is 0. The average molecular weight is 328 g/mol. The molecule has 0 aliphatic carbocycles. The molecule has 0 aromatic carbocycles. The highest BCUT2D eigenvalue weighted by Gasteiger charge is 2.13. The Labute approximate surface area is 101 Å². The van der Waals surface area contributed by atoms with Crippen LogP contribution >= 0.6 is 23.5 Å². The summed E-state index contributed by atoms with van der Waals surface area (Å²) in [6.45, 7) is -2.73. The van der Waals surface area contributed by atoms with Gasteiger partial charge in [0.25, 0.3) is 15.6 Å². The molecule has 15 heteroatoms. The molecule has 0 bridgehead atoms. The molecule has 0 aliphatic rings. The number of phosphoric acid groups is 3. The van der Waals surface area contributed by atoms with Crippen LogP contribution < -0.4 is 19.6 Å². The van der Waals surface area contributed by atoms with Gasteiger partial charge in [0.15, 0.2) is 13.6 Å². The van der Waals surface area contributed by atoms with Gasteiger partial charge in [0.2, 0.25) is 0 Å². The molecule has 0 saturated heterocycles. The van der Waals surface area contributed by atoms with Gasteiger partial charge in [-0.1, -0.05) is 0 Å². The molecule has 0 aromatic heterocycles. The van der Waals surface area contributed by atoms with E-state index in [0.29, 0.717) is 0 Å². The molecule has 0 fully saturated rings. The molecule has 0 spiro atoms. The maximum Gasteiger partial charge on any atom is 0.272 e. The molecule has 0 saturated carbocycles. The zero-order valence-electron chi connectivity index (χ0n) is 8.65. The number of hydrogen-bond donors (Lipinski definition) is 0. The van der Waals surface area contributed by atoms with Crippen LogP contribution in [0.1, 0.15) is 0 Å². The quantitative estimate of drug-likeness (QED) is 0.317. The topological polar surface area (TPSA) is 190 Å². The fraction of sp³-hybridized carbons (Fsp3) is 1.00. The molecule has 0 amide bonds. The monoisotopic (exact) mass is 328 g/mol. The van der Waals surface area contributed by atoms with Gasteiger partial charge in [-0.2, -0.15) is 0 Å². The van der Waals surface area contributed by atoms with Crippen LogP contribution in [0.4, 0.5) is 0 Å². The van der Waals surface area contributed by atoms with Crippen LogP contribution in [0.3, 0.4) is 0 Å². The zero-order chi connectivity index (χ0) is 14.4. The van der Waals surface area contributed by atoms with Crippen molar-refractivity contribution in [3.8, 4) is 0 Å². The first-order chi connectivity index (χ1) is 7.97. The summed E-state index contributed by atoms with van der Waals surface area (Å²) in [5, 5.41) is 0. The maximum atomic E-state index is 10.8. The first kappa shape index (κ1) is 18.3. The molecule has 0 rings (SSSR count). The minimum atomic E-state index is -5.40. The van der Waals surface area contributed by atoms with E-state index < -0.39 is 37.1 Å². The van der Waals surface area contributed by atoms with E-state index in [1.54, 1.807) is 0 Å². The van der Waals surface area contributed by atoms with Gasteiger partial charge in [0, 0.05) is 7.11 Å². The van der Waals surface area contributed by atoms with Crippen LogP contribution in [0.15, 0.2) is 0 Å². The minimum absolute atomic E-state index is 0.759. The number of phosphoric ester groups is 3. The summed E-state index contributed by atoms with van der Waals surface area (Å²) >= 11 is 0. The van der Waals surface area contributed by atoms with Gasteiger partial charge in [0.1, 0.15) is 0 Å². The van der Waals surface area contributed by atoms with E-state index in [9.17, 15) is 33.3 Å². The zero-order valence-corrected chi connectivity index (χ0v) is 11.3. The predicted octanol–water partition coefficient (Wildman–Crippen LogP) is -2.62. The lowest BCUT2D eigenvalue weighted by molar-refractivity contribution is -0.345. The first-order valence-corrected chi connectivity index (χ1v) is 8.14. The molecule has 12 nitrogen and oxygen atoms in total. The van der Waals surface area contributed by atoms with Gasteiger partial charge in [-0.25, -0.2) is 0 Å². The second kappa shape index (κ2) is 7.20. The Balaban J connectivity index is 3.99. The van der Waals surface area contributed by atoms with Gasteiger partial charge < -0.3 is 33.2 Å². The lowest BCUT2D eigenvalue weighted by Gasteiger charge is -2.30. The van der Waals surface area contributed by atoms with Crippen molar-refractivity contribution in [2.45, 2.75) is 0 Å². The largest absolute Gasteiger partial charge is 0.790 e. The summed E-state index contributed by atoms with van der Waals surface area (Å²) in [7, 11) is -14.4. The normalized spacial score (nSPS) is 19.2. The number of hydrogen-bond acceptors (Lipinski definition) is 12. The van der Waals surface area contributed by atoms with Gasteiger partial charge in [-0.05, 0) is 0 Å². The van der Waals surface area contributed by atoms with E-state index >= 15 is 0 Å². The molecule has 0 aliphatic heterocycles. The maximum absolute atomic E-state index is 10.8. The van der Waals surface area contributed by atoms with E-state index in [2.05, 4.69) is 22.6 Å². The second-order valence-corrected chi connectivity index (χ2v) is 6.36. The molecule has 0 N–H and O–H groups in total. The molecule has 0 radical (unpaired) electrons. The van der Waals surface area contributed by atoms with Crippen molar-refractivity contribution in [1.29, 1.82) is 0 Å². The minimum Gasteiger partial charge on any atom is -0.790 e. The van der Waals surface area contributed by atoms with Crippen molar-refractivity contribution in [3.05, 3.63) is 0 Å². The Morgan fingerprint density at radius 1 is 0.778 bits per heavy atom. The predicted molar refractivity (Wildman–Crippen MR) is 43.9 cm³/mol. The molecule has 110 valence electrons. The van der Waals surface area contributed by atoms with E-state index in [1.165, 1.54) is 0 Å². The van der Waals surface area contributed by atoms with Crippen molar-refractivity contribution >= 4 is 23.5 Å². The van der Waals surface area contributed by atoms with Crippen molar-refractivity contribution < 1.29 is 55.9 Å². The third-order valence-corrected chi connectivity index (χ3v) is 3.20. The summed E-state index contributed by atoms with van der Waals surface area (Å²) in [6.07, 6.45) is 0. The van der Waals surface area contributed by atoms with Crippen molar-refractivity contribution in [3.63, 3.8) is 0 Å². The van der Waals surface area contributed by atoms with Crippen LogP contribution in [0.5, 0.6) is 0 Å². The van der Waals surface area contributed by atoms with E-state index in [0.717, 1.165) is 7.11 Å². The van der Waals surface area contributed by atoms with Crippen LogP contribution in [-0.4, -0.2) is 20.7 Å². The summed E-state index contributed by atoms with van der Waals surface area (Å²) in [4.78, 5) is 41.2. The van der Waals surface area contributed by atoms with Gasteiger partial charge in [-0.3, -0.25) is 22.7 Å². The van der Waals surface area contributed by atoms with Crippen molar-refractivity contribution in [2.24, 2.45) is 0 Å². The Hall–Kier alpha value is 0.330. The third kappa shape index (κ3) is 10.3. The van der Waals surface area contributed by atoms with E-state index in [-0.39, 0.29) is 0 Å². The Morgan fingerprint density at radius 2 is 1.17 bits per heavy atom. The lowest BCUT2D eigenvalue weighted by Crippen LogP contribution is -2.19. The van der Waals surface area contributed by atoms with Crippen LogP contribution in [0, 0.1) is 0 Å².